The van der Waals surface area contributed by atoms with Gasteiger partial charge in [0.05, 0.1) is 12.5 Å². The van der Waals surface area contributed by atoms with Crippen LogP contribution in [0.2, 0.25) is 0 Å². The highest BCUT2D eigenvalue weighted by molar-refractivity contribution is 5.79. The third-order valence-electron chi connectivity index (χ3n) is 3.52. The van der Waals surface area contributed by atoms with E-state index in [0.29, 0.717) is 19.8 Å². The van der Waals surface area contributed by atoms with Crippen LogP contribution in [0.5, 0.6) is 0 Å². The van der Waals surface area contributed by atoms with Crippen LogP contribution in [0, 0.1) is 5.92 Å². The summed E-state index contributed by atoms with van der Waals surface area (Å²) in [7, 11) is 0. The minimum atomic E-state index is 0.0242. The molecule has 0 bridgehead atoms. The highest BCUT2D eigenvalue weighted by Gasteiger charge is 2.29. The molecule has 19 heavy (non-hydrogen) atoms. The second-order valence-electron chi connectivity index (χ2n) is 5.36. The van der Waals surface area contributed by atoms with Gasteiger partial charge in [0.1, 0.15) is 0 Å². The van der Waals surface area contributed by atoms with Crippen molar-refractivity contribution < 1.29 is 9.53 Å². The molecule has 0 aliphatic carbocycles. The Hall–Kier alpha value is -1.55. The quantitative estimate of drug-likeness (QED) is 0.845. The van der Waals surface area contributed by atoms with E-state index in [9.17, 15) is 4.79 Å². The summed E-state index contributed by atoms with van der Waals surface area (Å²) in [6.45, 7) is 5.98. The predicted octanol–water partition coefficient (Wildman–Crippen LogP) is 2.04. The molecule has 1 saturated heterocycles. The summed E-state index contributed by atoms with van der Waals surface area (Å²) >= 11 is 0. The molecule has 1 aromatic rings. The first kappa shape index (κ1) is 13.9. The van der Waals surface area contributed by atoms with E-state index in [4.69, 9.17) is 10.5 Å². The fourth-order valence-corrected chi connectivity index (χ4v) is 2.30. The van der Waals surface area contributed by atoms with Crippen LogP contribution in [0.15, 0.2) is 24.3 Å². The minimum absolute atomic E-state index is 0.0242. The lowest BCUT2D eigenvalue weighted by Crippen LogP contribution is -2.40. The molecular weight excluding hydrogens is 240 g/mol. The molecule has 4 heteroatoms. The Bertz CT molecular complexity index is 422. The molecule has 2 rings (SSSR count). The van der Waals surface area contributed by atoms with Crippen molar-refractivity contribution in [2.45, 2.75) is 32.9 Å². The molecule has 104 valence electrons. The molecule has 0 radical (unpaired) electrons. The number of anilines is 1. The molecule has 2 N–H and O–H groups in total. The van der Waals surface area contributed by atoms with Gasteiger partial charge in [0.2, 0.25) is 5.91 Å². The lowest BCUT2D eigenvalue weighted by molar-refractivity contribution is -0.137. The first-order chi connectivity index (χ1) is 9.08. The van der Waals surface area contributed by atoms with Gasteiger partial charge in [-0.3, -0.25) is 4.79 Å². The summed E-state index contributed by atoms with van der Waals surface area (Å²) in [5, 5.41) is 0. The zero-order chi connectivity index (χ0) is 13.8. The van der Waals surface area contributed by atoms with Crippen molar-refractivity contribution in [2.75, 3.05) is 18.9 Å². The minimum Gasteiger partial charge on any atom is -0.399 e. The van der Waals surface area contributed by atoms with Crippen molar-refractivity contribution >= 4 is 11.6 Å². The summed E-state index contributed by atoms with van der Waals surface area (Å²) in [6.07, 6.45) is 0.837. The van der Waals surface area contributed by atoms with Gasteiger partial charge in [-0.15, -0.1) is 0 Å². The Morgan fingerprint density at radius 1 is 1.42 bits per heavy atom. The van der Waals surface area contributed by atoms with Crippen molar-refractivity contribution in [2.24, 2.45) is 5.92 Å². The van der Waals surface area contributed by atoms with Crippen molar-refractivity contribution in [3.05, 3.63) is 29.8 Å². The third-order valence-corrected chi connectivity index (χ3v) is 3.52. The zero-order valence-electron chi connectivity index (χ0n) is 11.6. The fourth-order valence-electron chi connectivity index (χ4n) is 2.30. The number of rotatable bonds is 4. The first-order valence-electron chi connectivity index (χ1n) is 6.80. The molecule has 1 heterocycles. The number of carbonyl (C=O) groups excluding carboxylic acids is 1. The van der Waals surface area contributed by atoms with Crippen molar-refractivity contribution in [1.29, 1.82) is 0 Å². The Morgan fingerprint density at radius 2 is 2.11 bits per heavy atom. The molecule has 0 aromatic heterocycles. The van der Waals surface area contributed by atoms with E-state index in [-0.39, 0.29) is 17.9 Å². The van der Waals surface area contributed by atoms with Gasteiger partial charge in [-0.2, -0.15) is 0 Å². The van der Waals surface area contributed by atoms with Gasteiger partial charge in [-0.25, -0.2) is 0 Å². The molecular formula is C15H22N2O2. The van der Waals surface area contributed by atoms with Crippen LogP contribution in [0.1, 0.15) is 25.8 Å². The Balaban J connectivity index is 2.07. The summed E-state index contributed by atoms with van der Waals surface area (Å²) in [5.41, 5.74) is 7.53. The molecule has 0 spiro atoms. The van der Waals surface area contributed by atoms with Gasteiger partial charge in [-0.1, -0.05) is 12.1 Å². The SMILES string of the molecule is CC(C)N(Cc1ccc(N)cc1)C(=O)C1CCOC1. The highest BCUT2D eigenvalue weighted by Crippen LogP contribution is 2.19. The summed E-state index contributed by atoms with van der Waals surface area (Å²) in [6, 6.07) is 7.88. The van der Waals surface area contributed by atoms with Crippen LogP contribution in [-0.4, -0.2) is 30.1 Å². The maximum absolute atomic E-state index is 12.5. The van der Waals surface area contributed by atoms with Crippen LogP contribution in [-0.2, 0) is 16.1 Å². The normalized spacial score (nSPS) is 18.8. The average molecular weight is 262 g/mol. The van der Waals surface area contributed by atoms with E-state index in [1.54, 1.807) is 0 Å². The van der Waals surface area contributed by atoms with Gasteiger partial charge >= 0.3 is 0 Å². The number of nitrogens with two attached hydrogens (primary N) is 1. The maximum Gasteiger partial charge on any atom is 0.228 e. The van der Waals surface area contributed by atoms with E-state index in [2.05, 4.69) is 0 Å². The number of ether oxygens (including phenoxy) is 1. The molecule has 1 amide bonds. The second kappa shape index (κ2) is 6.06. The smallest absolute Gasteiger partial charge is 0.228 e. The fraction of sp³-hybridized carbons (Fsp3) is 0.533. The first-order valence-corrected chi connectivity index (χ1v) is 6.80. The monoisotopic (exact) mass is 262 g/mol. The third kappa shape index (κ3) is 3.47. The van der Waals surface area contributed by atoms with Crippen molar-refractivity contribution in [1.82, 2.24) is 4.90 Å². The van der Waals surface area contributed by atoms with Crippen LogP contribution >= 0.6 is 0 Å². The molecule has 1 fully saturated rings. The number of nitrogen functional groups attached to an aromatic ring is 1. The van der Waals surface area contributed by atoms with Gasteiger partial charge in [0.25, 0.3) is 0 Å². The van der Waals surface area contributed by atoms with Gasteiger partial charge in [0.15, 0.2) is 0 Å². The predicted molar refractivity (Wildman–Crippen MR) is 75.5 cm³/mol. The molecule has 1 aliphatic heterocycles. The van der Waals surface area contributed by atoms with Gasteiger partial charge in [0, 0.05) is 24.9 Å². The zero-order valence-corrected chi connectivity index (χ0v) is 11.6. The van der Waals surface area contributed by atoms with Gasteiger partial charge in [-0.05, 0) is 38.0 Å². The topological polar surface area (TPSA) is 55.6 Å². The van der Waals surface area contributed by atoms with Crippen LogP contribution in [0.3, 0.4) is 0 Å². The molecule has 1 unspecified atom stereocenters. The number of carbonyl (C=O) groups is 1. The Kier molecular flexibility index (Phi) is 4.43. The molecule has 1 aliphatic rings. The van der Waals surface area contributed by atoms with Crippen LogP contribution < -0.4 is 5.73 Å². The lowest BCUT2D eigenvalue weighted by Gasteiger charge is -2.29. The average Bonchev–Trinajstić information content (AvgIpc) is 2.91. The summed E-state index contributed by atoms with van der Waals surface area (Å²) in [4.78, 5) is 14.4. The van der Waals surface area contributed by atoms with Crippen molar-refractivity contribution in [3.63, 3.8) is 0 Å². The molecule has 4 nitrogen and oxygen atoms in total. The van der Waals surface area contributed by atoms with E-state index in [0.717, 1.165) is 17.7 Å². The standard InChI is InChI=1S/C15H22N2O2/c1-11(2)17(15(18)13-7-8-19-10-13)9-12-3-5-14(16)6-4-12/h3-6,11,13H,7-10,16H2,1-2H3. The van der Waals surface area contributed by atoms with Crippen LogP contribution in [0.25, 0.3) is 0 Å². The number of benzene rings is 1. The maximum atomic E-state index is 12.5. The Labute approximate surface area is 114 Å². The molecule has 0 saturated carbocycles. The Morgan fingerprint density at radius 3 is 2.63 bits per heavy atom. The molecule has 1 aromatic carbocycles. The highest BCUT2D eigenvalue weighted by atomic mass is 16.5. The van der Waals surface area contributed by atoms with Gasteiger partial charge < -0.3 is 15.4 Å². The van der Waals surface area contributed by atoms with E-state index in [1.807, 2.05) is 43.0 Å². The largest absolute Gasteiger partial charge is 0.399 e. The number of amides is 1. The summed E-state index contributed by atoms with van der Waals surface area (Å²) < 4.78 is 5.31. The van der Waals surface area contributed by atoms with E-state index in [1.165, 1.54) is 0 Å². The summed E-state index contributed by atoms with van der Waals surface area (Å²) in [5.74, 6) is 0.223. The van der Waals surface area contributed by atoms with Crippen LogP contribution in [0.4, 0.5) is 5.69 Å². The number of nitrogens with zero attached hydrogens (tertiary/aromatic N) is 1. The van der Waals surface area contributed by atoms with Crippen molar-refractivity contribution in [3.8, 4) is 0 Å². The van der Waals surface area contributed by atoms with E-state index < -0.39 is 0 Å². The number of hydrogen-bond acceptors (Lipinski definition) is 3. The van der Waals surface area contributed by atoms with E-state index >= 15 is 0 Å². The second-order valence-corrected chi connectivity index (χ2v) is 5.36. The molecule has 1 atom stereocenters. The number of hydrogen-bond donors (Lipinski definition) is 1. The lowest BCUT2D eigenvalue weighted by atomic mass is 10.1.